The highest BCUT2D eigenvalue weighted by atomic mass is 32.2. The molecule has 0 spiro atoms. The van der Waals surface area contributed by atoms with Crippen LogP contribution < -0.4 is 0 Å². The van der Waals surface area contributed by atoms with Gasteiger partial charge in [-0.3, -0.25) is 4.79 Å². The smallest absolute Gasteiger partial charge is 0.192 e. The number of carbonyl (C=O) groups excluding carboxylic acids is 1. The molecule has 52 valence electrons. The second-order valence-electron chi connectivity index (χ2n) is 2.60. The Morgan fingerprint density at radius 3 is 2.67 bits per heavy atom. The Hall–Kier alpha value is 0.0200. The van der Waals surface area contributed by atoms with Crippen molar-refractivity contribution in [2.75, 3.05) is 0 Å². The second kappa shape index (κ2) is 2.74. The van der Waals surface area contributed by atoms with E-state index < -0.39 is 0 Å². The van der Waals surface area contributed by atoms with Gasteiger partial charge in [0.2, 0.25) is 0 Å². The third kappa shape index (κ3) is 1.48. The lowest BCUT2D eigenvalue weighted by atomic mass is 10.1. The lowest BCUT2D eigenvalue weighted by Crippen LogP contribution is -1.97. The molecule has 9 heavy (non-hydrogen) atoms. The third-order valence-corrected chi connectivity index (χ3v) is 3.25. The standard InChI is InChI=1S/C7H12OS/c1-3-6-4-5(2)7(8)9-6/h5-6H,3-4H2,1-2H3/t5?,6-/m1/s1. The molecule has 0 radical (unpaired) electrons. The van der Waals surface area contributed by atoms with Crippen molar-refractivity contribution in [2.24, 2.45) is 5.92 Å². The summed E-state index contributed by atoms with van der Waals surface area (Å²) in [6.45, 7) is 4.16. The van der Waals surface area contributed by atoms with Crippen molar-refractivity contribution >= 4 is 16.9 Å². The number of thioether (sulfide) groups is 1. The molecule has 1 heterocycles. The molecular formula is C7H12OS. The molecule has 1 rings (SSSR count). The fourth-order valence-corrected chi connectivity index (χ4v) is 2.28. The summed E-state index contributed by atoms with van der Waals surface area (Å²) < 4.78 is 0. The zero-order valence-electron chi connectivity index (χ0n) is 5.89. The van der Waals surface area contributed by atoms with E-state index in [1.54, 1.807) is 0 Å². The summed E-state index contributed by atoms with van der Waals surface area (Å²) in [5, 5.41) is 1.01. The van der Waals surface area contributed by atoms with Gasteiger partial charge in [0.25, 0.3) is 0 Å². The van der Waals surface area contributed by atoms with Crippen molar-refractivity contribution in [1.82, 2.24) is 0 Å². The highest BCUT2D eigenvalue weighted by Gasteiger charge is 2.28. The Balaban J connectivity index is 2.44. The van der Waals surface area contributed by atoms with E-state index in [-0.39, 0.29) is 0 Å². The highest BCUT2D eigenvalue weighted by Crippen LogP contribution is 2.34. The molecule has 1 aliphatic rings. The van der Waals surface area contributed by atoms with E-state index in [0.717, 1.165) is 12.8 Å². The first kappa shape index (κ1) is 7.13. The van der Waals surface area contributed by atoms with E-state index >= 15 is 0 Å². The minimum atomic E-state index is 0.319. The summed E-state index contributed by atoms with van der Waals surface area (Å²) >= 11 is 1.53. The summed E-state index contributed by atoms with van der Waals surface area (Å²) in [5.74, 6) is 0.319. The molecule has 0 amide bonds. The predicted molar refractivity (Wildman–Crippen MR) is 40.5 cm³/mol. The van der Waals surface area contributed by atoms with Crippen LogP contribution in [0.5, 0.6) is 0 Å². The highest BCUT2D eigenvalue weighted by molar-refractivity contribution is 8.14. The molecule has 1 unspecified atom stereocenters. The lowest BCUT2D eigenvalue weighted by Gasteiger charge is -1.99. The molecule has 0 saturated carbocycles. The summed E-state index contributed by atoms with van der Waals surface area (Å²) in [5.41, 5.74) is 0. The van der Waals surface area contributed by atoms with Crippen LogP contribution in [0.2, 0.25) is 0 Å². The maximum atomic E-state index is 10.9. The molecule has 0 N–H and O–H groups in total. The van der Waals surface area contributed by atoms with Gasteiger partial charge in [-0.1, -0.05) is 25.6 Å². The van der Waals surface area contributed by atoms with Crippen molar-refractivity contribution in [3.05, 3.63) is 0 Å². The third-order valence-electron chi connectivity index (χ3n) is 1.76. The second-order valence-corrected chi connectivity index (χ2v) is 3.91. The first-order valence-electron chi connectivity index (χ1n) is 3.44. The lowest BCUT2D eigenvalue weighted by molar-refractivity contribution is -0.113. The fourth-order valence-electron chi connectivity index (χ4n) is 1.07. The summed E-state index contributed by atoms with van der Waals surface area (Å²) in [4.78, 5) is 10.9. The molecule has 1 aliphatic heterocycles. The van der Waals surface area contributed by atoms with Gasteiger partial charge in [-0.05, 0) is 12.8 Å². The summed E-state index contributed by atoms with van der Waals surface area (Å²) in [6.07, 6.45) is 2.24. The monoisotopic (exact) mass is 144 g/mol. The van der Waals surface area contributed by atoms with E-state index in [1.807, 2.05) is 6.92 Å². The molecule has 1 nitrogen and oxygen atoms in total. The average Bonchev–Trinajstić information content (AvgIpc) is 2.13. The molecule has 0 aliphatic carbocycles. The molecule has 0 aromatic rings. The van der Waals surface area contributed by atoms with Crippen LogP contribution in [0.15, 0.2) is 0 Å². The Labute approximate surface area is 60.2 Å². The quantitative estimate of drug-likeness (QED) is 0.560. The molecule has 0 aromatic heterocycles. The zero-order valence-corrected chi connectivity index (χ0v) is 6.70. The van der Waals surface area contributed by atoms with Crippen molar-refractivity contribution in [2.45, 2.75) is 31.9 Å². The van der Waals surface area contributed by atoms with Crippen LogP contribution in [-0.2, 0) is 4.79 Å². The molecule has 0 bridgehead atoms. The molecular weight excluding hydrogens is 132 g/mol. The zero-order chi connectivity index (χ0) is 6.85. The van der Waals surface area contributed by atoms with E-state index in [9.17, 15) is 4.79 Å². The van der Waals surface area contributed by atoms with Gasteiger partial charge in [-0.25, -0.2) is 0 Å². The minimum absolute atomic E-state index is 0.319. The number of rotatable bonds is 1. The molecule has 2 heteroatoms. The van der Waals surface area contributed by atoms with Gasteiger partial charge in [0.15, 0.2) is 5.12 Å². The van der Waals surface area contributed by atoms with Crippen LogP contribution in [0.25, 0.3) is 0 Å². The van der Waals surface area contributed by atoms with Crippen LogP contribution in [0.3, 0.4) is 0 Å². The van der Waals surface area contributed by atoms with Gasteiger partial charge in [0.05, 0.1) is 0 Å². The van der Waals surface area contributed by atoms with Crippen LogP contribution >= 0.6 is 11.8 Å². The van der Waals surface area contributed by atoms with Crippen molar-refractivity contribution in [3.63, 3.8) is 0 Å². The largest absolute Gasteiger partial charge is 0.287 e. The first-order chi connectivity index (χ1) is 4.24. The minimum Gasteiger partial charge on any atom is -0.287 e. The van der Waals surface area contributed by atoms with Gasteiger partial charge in [-0.2, -0.15) is 0 Å². The SMILES string of the molecule is CC[C@@H]1CC(C)C(=O)S1. The number of hydrogen-bond acceptors (Lipinski definition) is 2. The van der Waals surface area contributed by atoms with E-state index in [2.05, 4.69) is 6.92 Å². The first-order valence-corrected chi connectivity index (χ1v) is 4.32. The van der Waals surface area contributed by atoms with Crippen LogP contribution in [0.4, 0.5) is 0 Å². The van der Waals surface area contributed by atoms with E-state index in [0.29, 0.717) is 16.3 Å². The Kier molecular flexibility index (Phi) is 2.17. The maximum Gasteiger partial charge on any atom is 0.192 e. The molecule has 2 atom stereocenters. The van der Waals surface area contributed by atoms with E-state index in [4.69, 9.17) is 0 Å². The van der Waals surface area contributed by atoms with Crippen molar-refractivity contribution < 1.29 is 4.79 Å². The van der Waals surface area contributed by atoms with Gasteiger partial charge >= 0.3 is 0 Å². The number of carbonyl (C=O) groups is 1. The van der Waals surface area contributed by atoms with Crippen molar-refractivity contribution in [3.8, 4) is 0 Å². The summed E-state index contributed by atoms with van der Waals surface area (Å²) in [6, 6.07) is 0. The molecule has 1 fully saturated rings. The Bertz CT molecular complexity index is 122. The van der Waals surface area contributed by atoms with Crippen LogP contribution in [0, 0.1) is 5.92 Å². The predicted octanol–water partition coefficient (Wildman–Crippen LogP) is 2.06. The van der Waals surface area contributed by atoms with E-state index in [1.165, 1.54) is 11.8 Å². The topological polar surface area (TPSA) is 17.1 Å². The molecule has 0 aromatic carbocycles. The normalized spacial score (nSPS) is 35.6. The maximum absolute atomic E-state index is 10.9. The van der Waals surface area contributed by atoms with Gasteiger partial charge in [0, 0.05) is 11.2 Å². The van der Waals surface area contributed by atoms with Gasteiger partial charge in [-0.15, -0.1) is 0 Å². The van der Waals surface area contributed by atoms with Crippen LogP contribution in [0.1, 0.15) is 26.7 Å². The van der Waals surface area contributed by atoms with Crippen LogP contribution in [-0.4, -0.2) is 10.4 Å². The number of hydrogen-bond donors (Lipinski definition) is 0. The molecule has 1 saturated heterocycles. The Morgan fingerprint density at radius 2 is 2.44 bits per heavy atom. The summed E-state index contributed by atoms with van der Waals surface area (Å²) in [7, 11) is 0. The fraction of sp³-hybridized carbons (Fsp3) is 0.857. The average molecular weight is 144 g/mol. The van der Waals surface area contributed by atoms with Gasteiger partial charge in [0.1, 0.15) is 0 Å². The van der Waals surface area contributed by atoms with Crippen molar-refractivity contribution in [1.29, 1.82) is 0 Å². The van der Waals surface area contributed by atoms with Gasteiger partial charge < -0.3 is 0 Å². The Morgan fingerprint density at radius 1 is 1.78 bits per heavy atom.